The number of urea groups is 1. The number of piperidine rings is 1. The highest BCUT2D eigenvalue weighted by Crippen LogP contribution is 2.20. The molecule has 2 unspecified atom stereocenters. The quantitative estimate of drug-likeness (QED) is 0.760. The first-order valence-electron chi connectivity index (χ1n) is 7.30. The molecule has 1 N–H and O–H groups in total. The van der Waals surface area contributed by atoms with Crippen LogP contribution >= 0.6 is 0 Å². The molecule has 1 aliphatic heterocycles. The summed E-state index contributed by atoms with van der Waals surface area (Å²) in [5, 5.41) is 9.30. The third-order valence-electron chi connectivity index (χ3n) is 3.76. The van der Waals surface area contributed by atoms with Crippen LogP contribution < -0.4 is 0 Å². The van der Waals surface area contributed by atoms with Crippen molar-refractivity contribution in [2.45, 2.75) is 38.3 Å². The topological polar surface area (TPSA) is 79.3 Å². The maximum absolute atomic E-state index is 12.7. The van der Waals surface area contributed by atoms with Crippen molar-refractivity contribution in [3.63, 3.8) is 0 Å². The molecule has 1 fully saturated rings. The summed E-state index contributed by atoms with van der Waals surface area (Å²) in [4.78, 5) is 27.2. The molecule has 1 heterocycles. The van der Waals surface area contributed by atoms with Crippen LogP contribution in [0.5, 0.6) is 0 Å². The molecule has 2 amide bonds. The van der Waals surface area contributed by atoms with Gasteiger partial charge in [-0.2, -0.15) is 0 Å². The zero-order valence-corrected chi connectivity index (χ0v) is 13.1. The van der Waals surface area contributed by atoms with Gasteiger partial charge in [0.05, 0.1) is 19.3 Å². The van der Waals surface area contributed by atoms with Crippen molar-refractivity contribution in [1.29, 1.82) is 0 Å². The SMILES string of the molecule is COCCN(C(=O)N1CCCCC1C(=O)O)C(C)COC. The van der Waals surface area contributed by atoms with Crippen LogP contribution in [0.15, 0.2) is 0 Å². The first-order valence-corrected chi connectivity index (χ1v) is 7.30. The minimum Gasteiger partial charge on any atom is -0.480 e. The summed E-state index contributed by atoms with van der Waals surface area (Å²) in [5.74, 6) is -0.936. The summed E-state index contributed by atoms with van der Waals surface area (Å²) < 4.78 is 10.1. The van der Waals surface area contributed by atoms with E-state index in [9.17, 15) is 14.7 Å². The van der Waals surface area contributed by atoms with Crippen LogP contribution in [-0.4, -0.2) is 79.5 Å². The molecule has 1 saturated heterocycles. The van der Waals surface area contributed by atoms with E-state index in [1.165, 1.54) is 4.90 Å². The van der Waals surface area contributed by atoms with E-state index >= 15 is 0 Å². The highest BCUT2D eigenvalue weighted by atomic mass is 16.5. The lowest BCUT2D eigenvalue weighted by atomic mass is 10.0. The predicted molar refractivity (Wildman–Crippen MR) is 77.3 cm³/mol. The molecule has 1 aliphatic rings. The van der Waals surface area contributed by atoms with Gasteiger partial charge in [0.25, 0.3) is 0 Å². The van der Waals surface area contributed by atoms with E-state index in [4.69, 9.17) is 9.47 Å². The van der Waals surface area contributed by atoms with E-state index < -0.39 is 12.0 Å². The summed E-state index contributed by atoms with van der Waals surface area (Å²) in [7, 11) is 3.15. The summed E-state index contributed by atoms with van der Waals surface area (Å²) >= 11 is 0. The number of carboxylic acid groups (broad SMARTS) is 1. The molecule has 7 heteroatoms. The van der Waals surface area contributed by atoms with E-state index in [2.05, 4.69) is 0 Å². The standard InChI is InChI=1S/C14H26N2O5/c1-11(10-21-3)15(8-9-20-2)14(19)16-7-5-4-6-12(16)13(17)18/h11-12H,4-10H2,1-3H3,(H,17,18). The van der Waals surface area contributed by atoms with Crippen molar-refractivity contribution in [3.05, 3.63) is 0 Å². The highest BCUT2D eigenvalue weighted by molar-refractivity contribution is 5.83. The number of aliphatic carboxylic acids is 1. The van der Waals surface area contributed by atoms with Gasteiger partial charge in [0, 0.05) is 27.3 Å². The fraction of sp³-hybridized carbons (Fsp3) is 0.857. The Morgan fingerprint density at radius 2 is 2.05 bits per heavy atom. The average molecular weight is 302 g/mol. The molecule has 0 aromatic rings. The Morgan fingerprint density at radius 3 is 2.62 bits per heavy atom. The largest absolute Gasteiger partial charge is 0.480 e. The van der Waals surface area contributed by atoms with Gasteiger partial charge in [0.1, 0.15) is 6.04 Å². The maximum atomic E-state index is 12.7. The molecule has 0 aliphatic carbocycles. The van der Waals surface area contributed by atoms with Gasteiger partial charge in [-0.05, 0) is 26.2 Å². The normalized spacial score (nSPS) is 20.1. The van der Waals surface area contributed by atoms with Crippen molar-refractivity contribution in [3.8, 4) is 0 Å². The number of carbonyl (C=O) groups excluding carboxylic acids is 1. The smallest absolute Gasteiger partial charge is 0.326 e. The van der Waals surface area contributed by atoms with E-state index in [-0.39, 0.29) is 12.1 Å². The Hall–Kier alpha value is -1.34. The fourth-order valence-corrected chi connectivity index (χ4v) is 2.61. The lowest BCUT2D eigenvalue weighted by Crippen LogP contribution is -2.56. The second kappa shape index (κ2) is 8.84. The third kappa shape index (κ3) is 4.86. The zero-order chi connectivity index (χ0) is 15.8. The van der Waals surface area contributed by atoms with Gasteiger partial charge >= 0.3 is 12.0 Å². The molecule has 122 valence electrons. The minimum atomic E-state index is -0.936. The number of hydrogen-bond donors (Lipinski definition) is 1. The minimum absolute atomic E-state index is 0.131. The zero-order valence-electron chi connectivity index (χ0n) is 13.1. The number of ether oxygens (including phenoxy) is 2. The summed E-state index contributed by atoms with van der Waals surface area (Å²) in [5.41, 5.74) is 0. The van der Waals surface area contributed by atoms with Gasteiger partial charge in [-0.15, -0.1) is 0 Å². The van der Waals surface area contributed by atoms with Crippen LogP contribution in [0.3, 0.4) is 0 Å². The summed E-state index contributed by atoms with van der Waals surface area (Å²) in [6.45, 7) is 3.60. The number of likely N-dealkylation sites (tertiary alicyclic amines) is 1. The number of amides is 2. The van der Waals surface area contributed by atoms with E-state index in [1.807, 2.05) is 6.92 Å². The average Bonchev–Trinajstić information content (AvgIpc) is 2.47. The number of nitrogens with zero attached hydrogens (tertiary/aromatic N) is 2. The van der Waals surface area contributed by atoms with Crippen molar-refractivity contribution >= 4 is 12.0 Å². The Kier molecular flexibility index (Phi) is 7.45. The number of carboxylic acids is 1. The number of methoxy groups -OCH3 is 2. The molecule has 21 heavy (non-hydrogen) atoms. The predicted octanol–water partition coefficient (Wildman–Crippen LogP) is 1.03. The van der Waals surface area contributed by atoms with Crippen molar-refractivity contribution in [2.75, 3.05) is 40.5 Å². The third-order valence-corrected chi connectivity index (χ3v) is 3.76. The molecule has 0 aromatic heterocycles. The second-order valence-electron chi connectivity index (χ2n) is 5.32. The van der Waals surface area contributed by atoms with Crippen LogP contribution in [0.1, 0.15) is 26.2 Å². The van der Waals surface area contributed by atoms with E-state index in [1.54, 1.807) is 19.1 Å². The van der Waals surface area contributed by atoms with Crippen molar-refractivity contribution in [2.24, 2.45) is 0 Å². The van der Waals surface area contributed by atoms with Gasteiger partial charge in [-0.1, -0.05) is 0 Å². The van der Waals surface area contributed by atoms with Gasteiger partial charge in [-0.3, -0.25) is 0 Å². The molecular weight excluding hydrogens is 276 g/mol. The summed E-state index contributed by atoms with van der Waals surface area (Å²) in [6.07, 6.45) is 2.19. The Balaban J connectivity index is 2.83. The molecule has 0 aromatic carbocycles. The van der Waals surface area contributed by atoms with Crippen LogP contribution in [0.4, 0.5) is 4.79 Å². The van der Waals surface area contributed by atoms with Gasteiger partial charge < -0.3 is 24.4 Å². The number of hydrogen-bond acceptors (Lipinski definition) is 4. The second-order valence-corrected chi connectivity index (χ2v) is 5.32. The fourth-order valence-electron chi connectivity index (χ4n) is 2.61. The first-order chi connectivity index (χ1) is 10.0. The molecule has 2 atom stereocenters. The number of carbonyl (C=O) groups is 2. The van der Waals surface area contributed by atoms with Gasteiger partial charge in [-0.25, -0.2) is 9.59 Å². The molecule has 0 saturated carbocycles. The van der Waals surface area contributed by atoms with E-state index in [0.29, 0.717) is 32.7 Å². The molecule has 0 spiro atoms. The highest BCUT2D eigenvalue weighted by Gasteiger charge is 2.35. The van der Waals surface area contributed by atoms with Gasteiger partial charge in [0.15, 0.2) is 0 Å². The van der Waals surface area contributed by atoms with Crippen LogP contribution in [0, 0.1) is 0 Å². The summed E-state index contributed by atoms with van der Waals surface area (Å²) in [6, 6.07) is -1.11. The van der Waals surface area contributed by atoms with Crippen LogP contribution in [0.25, 0.3) is 0 Å². The monoisotopic (exact) mass is 302 g/mol. The Labute approximate surface area is 125 Å². The Morgan fingerprint density at radius 1 is 1.33 bits per heavy atom. The molecule has 7 nitrogen and oxygen atoms in total. The lowest BCUT2D eigenvalue weighted by molar-refractivity contribution is -0.143. The van der Waals surface area contributed by atoms with Crippen molar-refractivity contribution in [1.82, 2.24) is 9.80 Å². The first kappa shape index (κ1) is 17.7. The van der Waals surface area contributed by atoms with Gasteiger partial charge in [0.2, 0.25) is 0 Å². The van der Waals surface area contributed by atoms with Crippen LogP contribution in [-0.2, 0) is 14.3 Å². The molecular formula is C14H26N2O5. The van der Waals surface area contributed by atoms with Crippen LogP contribution in [0.2, 0.25) is 0 Å². The van der Waals surface area contributed by atoms with E-state index in [0.717, 1.165) is 12.8 Å². The molecule has 0 radical (unpaired) electrons. The maximum Gasteiger partial charge on any atom is 0.326 e. The molecule has 0 bridgehead atoms. The lowest BCUT2D eigenvalue weighted by Gasteiger charge is -2.39. The Bertz CT molecular complexity index is 350. The van der Waals surface area contributed by atoms with Crippen molar-refractivity contribution < 1.29 is 24.2 Å². The molecule has 1 rings (SSSR count). The number of rotatable bonds is 7.